The second-order valence-corrected chi connectivity index (χ2v) is 8.44. The zero-order chi connectivity index (χ0) is 13.4. The van der Waals surface area contributed by atoms with E-state index in [9.17, 15) is 8.42 Å². The highest BCUT2D eigenvalue weighted by Gasteiger charge is 2.24. The smallest absolute Gasteiger partial charge is 0.241 e. The molecule has 0 amide bonds. The molecule has 1 aromatic heterocycles. The van der Waals surface area contributed by atoms with Gasteiger partial charge in [-0.3, -0.25) is 0 Å². The fourth-order valence-corrected chi connectivity index (χ4v) is 4.23. The number of hydrogen-bond acceptors (Lipinski definition) is 4. The van der Waals surface area contributed by atoms with Gasteiger partial charge in [0.1, 0.15) is 0 Å². The zero-order valence-corrected chi connectivity index (χ0v) is 12.6. The summed E-state index contributed by atoms with van der Waals surface area (Å²) in [5.74, 6) is 0. The maximum atomic E-state index is 12.1. The van der Waals surface area contributed by atoms with E-state index in [4.69, 9.17) is 0 Å². The van der Waals surface area contributed by atoms with Crippen LogP contribution in [0.5, 0.6) is 0 Å². The molecule has 0 aliphatic heterocycles. The van der Waals surface area contributed by atoms with Crippen LogP contribution in [0.2, 0.25) is 0 Å². The van der Waals surface area contributed by atoms with Crippen molar-refractivity contribution in [2.24, 2.45) is 0 Å². The first-order valence-electron chi connectivity index (χ1n) is 6.11. The van der Waals surface area contributed by atoms with Crippen LogP contribution in [0.15, 0.2) is 16.3 Å². The second kappa shape index (κ2) is 4.92. The molecule has 1 aliphatic rings. The highest BCUT2D eigenvalue weighted by atomic mass is 32.2. The number of nitrogens with one attached hydrogen (secondary N) is 2. The van der Waals surface area contributed by atoms with E-state index in [1.54, 1.807) is 11.4 Å². The molecule has 1 saturated carbocycles. The van der Waals surface area contributed by atoms with Gasteiger partial charge in [0.05, 0.1) is 4.90 Å². The Bertz CT molecular complexity index is 510. The minimum atomic E-state index is -3.39. The van der Waals surface area contributed by atoms with Crippen LogP contribution >= 0.6 is 11.3 Å². The Hall–Kier alpha value is -0.430. The Kier molecular flexibility index (Phi) is 3.82. The molecular formula is C12H20N2O2S2. The monoisotopic (exact) mass is 288 g/mol. The van der Waals surface area contributed by atoms with Crippen LogP contribution in [0.4, 0.5) is 0 Å². The molecule has 0 radical (unpaired) electrons. The van der Waals surface area contributed by atoms with Crippen molar-refractivity contribution in [3.05, 3.63) is 16.3 Å². The van der Waals surface area contributed by atoms with E-state index < -0.39 is 15.6 Å². The maximum absolute atomic E-state index is 12.1. The molecule has 18 heavy (non-hydrogen) atoms. The van der Waals surface area contributed by atoms with Gasteiger partial charge in [-0.2, -0.15) is 0 Å². The molecule has 0 saturated heterocycles. The first kappa shape index (κ1) is 14.0. The molecule has 1 aromatic rings. The quantitative estimate of drug-likeness (QED) is 0.872. The summed E-state index contributed by atoms with van der Waals surface area (Å²) in [5, 5.41) is 5.09. The predicted molar refractivity (Wildman–Crippen MR) is 74.3 cm³/mol. The van der Waals surface area contributed by atoms with Gasteiger partial charge in [-0.05, 0) is 39.7 Å². The van der Waals surface area contributed by atoms with Crippen molar-refractivity contribution in [1.82, 2.24) is 10.0 Å². The Morgan fingerprint density at radius 2 is 2.06 bits per heavy atom. The summed E-state index contributed by atoms with van der Waals surface area (Å²) in [6.07, 6.45) is 2.48. The largest absolute Gasteiger partial charge is 0.309 e. The number of sulfonamides is 1. The lowest BCUT2D eigenvalue weighted by Crippen LogP contribution is -2.40. The van der Waals surface area contributed by atoms with Gasteiger partial charge in [-0.15, -0.1) is 11.3 Å². The van der Waals surface area contributed by atoms with E-state index in [2.05, 4.69) is 10.0 Å². The van der Waals surface area contributed by atoms with Gasteiger partial charge in [-0.1, -0.05) is 0 Å². The van der Waals surface area contributed by atoms with E-state index >= 15 is 0 Å². The van der Waals surface area contributed by atoms with Gasteiger partial charge >= 0.3 is 0 Å². The highest BCUT2D eigenvalue weighted by Crippen LogP contribution is 2.23. The minimum absolute atomic E-state index is 0.370. The van der Waals surface area contributed by atoms with Crippen molar-refractivity contribution in [1.29, 1.82) is 0 Å². The van der Waals surface area contributed by atoms with Gasteiger partial charge in [0.25, 0.3) is 0 Å². The van der Waals surface area contributed by atoms with E-state index in [-0.39, 0.29) is 0 Å². The molecule has 2 N–H and O–H groups in total. The summed E-state index contributed by atoms with van der Waals surface area (Å²) in [4.78, 5) is 1.44. The summed E-state index contributed by atoms with van der Waals surface area (Å²) >= 11 is 1.49. The van der Waals surface area contributed by atoms with E-state index in [0.29, 0.717) is 10.9 Å². The lowest BCUT2D eigenvalue weighted by Gasteiger charge is -2.19. The predicted octanol–water partition coefficient (Wildman–Crippen LogP) is 2.08. The second-order valence-electron chi connectivity index (χ2n) is 5.76. The van der Waals surface area contributed by atoms with Crippen molar-refractivity contribution in [2.75, 3.05) is 0 Å². The van der Waals surface area contributed by atoms with Crippen LogP contribution in [-0.2, 0) is 16.6 Å². The third kappa shape index (κ3) is 4.05. The van der Waals surface area contributed by atoms with E-state index in [1.807, 2.05) is 20.8 Å². The molecule has 1 aliphatic carbocycles. The van der Waals surface area contributed by atoms with Gasteiger partial charge < -0.3 is 5.32 Å². The Morgan fingerprint density at radius 1 is 1.39 bits per heavy atom. The standard InChI is InChI=1S/C12H20N2O2S2/c1-12(2,3)14-18(15,16)11-6-10(17-8-11)7-13-9-4-5-9/h6,8-9,13-14H,4-5,7H2,1-3H3. The minimum Gasteiger partial charge on any atom is -0.309 e. The summed E-state index contributed by atoms with van der Waals surface area (Å²) in [6.45, 7) is 6.28. The first-order valence-corrected chi connectivity index (χ1v) is 8.47. The molecule has 4 nitrogen and oxygen atoms in total. The summed E-state index contributed by atoms with van der Waals surface area (Å²) < 4.78 is 26.8. The third-order valence-electron chi connectivity index (χ3n) is 2.52. The average Bonchev–Trinajstić information content (AvgIpc) is 2.88. The Morgan fingerprint density at radius 3 is 2.61 bits per heavy atom. The molecule has 1 fully saturated rings. The molecule has 6 heteroatoms. The van der Waals surface area contributed by atoms with Gasteiger partial charge in [-0.25, -0.2) is 13.1 Å². The molecular weight excluding hydrogens is 268 g/mol. The van der Waals surface area contributed by atoms with Crippen LogP contribution in [0.1, 0.15) is 38.5 Å². The van der Waals surface area contributed by atoms with E-state index in [0.717, 1.165) is 11.4 Å². The van der Waals surface area contributed by atoms with Crippen LogP contribution in [0, 0.1) is 0 Å². The molecule has 1 heterocycles. The fraction of sp³-hybridized carbons (Fsp3) is 0.667. The third-order valence-corrected chi connectivity index (χ3v) is 5.35. The molecule has 0 aromatic carbocycles. The first-order chi connectivity index (χ1) is 8.26. The fourth-order valence-electron chi connectivity index (χ4n) is 1.59. The highest BCUT2D eigenvalue weighted by molar-refractivity contribution is 7.89. The van der Waals surface area contributed by atoms with Crippen LogP contribution in [-0.4, -0.2) is 20.0 Å². The number of thiophene rings is 1. The maximum Gasteiger partial charge on any atom is 0.241 e. The zero-order valence-electron chi connectivity index (χ0n) is 11.0. The normalized spacial score (nSPS) is 17.1. The average molecular weight is 288 g/mol. The molecule has 0 spiro atoms. The van der Waals surface area contributed by atoms with Gasteiger partial charge in [0.15, 0.2) is 0 Å². The van der Waals surface area contributed by atoms with Crippen molar-refractivity contribution in [3.8, 4) is 0 Å². The molecule has 0 bridgehead atoms. The number of hydrogen-bond donors (Lipinski definition) is 2. The van der Waals surface area contributed by atoms with Crippen molar-refractivity contribution in [2.45, 2.75) is 56.6 Å². The van der Waals surface area contributed by atoms with Crippen LogP contribution < -0.4 is 10.0 Å². The lowest BCUT2D eigenvalue weighted by atomic mass is 10.1. The van der Waals surface area contributed by atoms with Crippen molar-refractivity contribution >= 4 is 21.4 Å². The summed E-state index contributed by atoms with van der Waals surface area (Å²) in [5.41, 5.74) is -0.451. The Labute approximate surface area is 113 Å². The molecule has 102 valence electrons. The van der Waals surface area contributed by atoms with E-state index in [1.165, 1.54) is 24.2 Å². The SMILES string of the molecule is CC(C)(C)NS(=O)(=O)c1csc(CNC2CC2)c1. The molecule has 0 atom stereocenters. The van der Waals surface area contributed by atoms with Crippen LogP contribution in [0.25, 0.3) is 0 Å². The topological polar surface area (TPSA) is 58.2 Å². The molecule has 2 rings (SSSR count). The molecule has 0 unspecified atom stereocenters. The summed E-state index contributed by atoms with van der Waals surface area (Å²) in [6, 6.07) is 2.40. The van der Waals surface area contributed by atoms with Gasteiger partial charge in [0.2, 0.25) is 10.0 Å². The lowest BCUT2D eigenvalue weighted by molar-refractivity contribution is 0.491. The van der Waals surface area contributed by atoms with Crippen LogP contribution in [0.3, 0.4) is 0 Å². The Balaban J connectivity index is 2.03. The van der Waals surface area contributed by atoms with Gasteiger partial charge in [0, 0.05) is 28.4 Å². The van der Waals surface area contributed by atoms with Crippen molar-refractivity contribution < 1.29 is 8.42 Å². The summed E-state index contributed by atoms with van der Waals surface area (Å²) in [7, 11) is -3.39. The number of rotatable bonds is 5. The van der Waals surface area contributed by atoms with Crippen molar-refractivity contribution in [3.63, 3.8) is 0 Å².